The Morgan fingerprint density at radius 3 is 2.17 bits per heavy atom. The van der Waals surface area contributed by atoms with Gasteiger partial charge < -0.3 is 15.3 Å². The monoisotopic (exact) mass is 201 g/mol. The van der Waals surface area contributed by atoms with E-state index in [-0.39, 0.29) is 0 Å². The second-order valence-corrected chi connectivity index (χ2v) is 3.08. The Morgan fingerprint density at radius 1 is 1.50 bits per heavy atom. The first kappa shape index (κ1) is 9.89. The molecular weight excluding hydrogens is 194 g/mol. The summed E-state index contributed by atoms with van der Waals surface area (Å²) in [5.41, 5.74) is -0.831. The third-order valence-electron chi connectivity index (χ3n) is 1.57. The van der Waals surface area contributed by atoms with Gasteiger partial charge in [0.1, 0.15) is 5.92 Å². The Morgan fingerprint density at radius 2 is 2.00 bits per heavy atom. The maximum atomic E-state index is 12.1. The van der Waals surface area contributed by atoms with Crippen molar-refractivity contribution in [3.8, 4) is 0 Å². The fraction of sp³-hybridized carbons (Fsp3) is 0.800. The molecule has 4 unspecified atom stereocenters. The Labute approximate surface area is 68.6 Å². The first-order valence-electron chi connectivity index (χ1n) is 3.08. The molecule has 0 amide bonds. The standard InChI is InChI=1S/C5H7F3NO2P/c6-5(7,8)1-2(9)3(10)11-4(1)12/h1,3-4,9-10H,12H2. The molecule has 7 heteroatoms. The van der Waals surface area contributed by atoms with Crippen LogP contribution in [0.4, 0.5) is 13.2 Å². The lowest BCUT2D eigenvalue weighted by Crippen LogP contribution is -2.33. The second kappa shape index (κ2) is 2.94. The Bertz CT molecular complexity index is 207. The largest absolute Gasteiger partial charge is 0.399 e. The molecule has 1 aliphatic rings. The van der Waals surface area contributed by atoms with Crippen LogP contribution in [0.1, 0.15) is 0 Å². The van der Waals surface area contributed by atoms with Crippen LogP contribution in [0.2, 0.25) is 0 Å². The highest BCUT2D eigenvalue weighted by Gasteiger charge is 2.53. The SMILES string of the molecule is N=C1C(O)OC(P)C1C(F)(F)F. The molecule has 1 saturated heterocycles. The van der Waals surface area contributed by atoms with Gasteiger partial charge in [0, 0.05) is 0 Å². The van der Waals surface area contributed by atoms with E-state index in [4.69, 9.17) is 10.5 Å². The summed E-state index contributed by atoms with van der Waals surface area (Å²) in [5, 5.41) is 15.6. The first-order chi connectivity index (χ1) is 5.34. The van der Waals surface area contributed by atoms with Gasteiger partial charge in [0.05, 0.1) is 11.6 Å². The minimum Gasteiger partial charge on any atom is -0.363 e. The highest BCUT2D eigenvalue weighted by molar-refractivity contribution is 7.17. The lowest BCUT2D eigenvalue weighted by Gasteiger charge is -2.16. The molecule has 4 atom stereocenters. The van der Waals surface area contributed by atoms with Crippen LogP contribution in [0.25, 0.3) is 0 Å². The quantitative estimate of drug-likeness (QED) is 0.568. The zero-order chi connectivity index (χ0) is 9.52. The molecule has 0 aromatic heterocycles. The lowest BCUT2D eigenvalue weighted by atomic mass is 10.1. The first-order valence-corrected chi connectivity index (χ1v) is 3.75. The van der Waals surface area contributed by atoms with Crippen LogP contribution < -0.4 is 0 Å². The van der Waals surface area contributed by atoms with Crippen LogP contribution in [-0.2, 0) is 4.74 Å². The summed E-state index contributed by atoms with van der Waals surface area (Å²) in [6, 6.07) is 0. The highest BCUT2D eigenvalue weighted by atomic mass is 31.0. The molecule has 1 fully saturated rings. The van der Waals surface area contributed by atoms with E-state index in [9.17, 15) is 13.2 Å². The van der Waals surface area contributed by atoms with Crippen LogP contribution in [0.15, 0.2) is 0 Å². The molecule has 1 rings (SSSR count). The van der Waals surface area contributed by atoms with Gasteiger partial charge in [-0.3, -0.25) is 0 Å². The molecule has 0 bridgehead atoms. The van der Waals surface area contributed by atoms with Crippen molar-refractivity contribution in [1.29, 1.82) is 5.41 Å². The van der Waals surface area contributed by atoms with E-state index in [1.807, 2.05) is 0 Å². The molecule has 70 valence electrons. The zero-order valence-electron chi connectivity index (χ0n) is 5.80. The van der Waals surface area contributed by atoms with Gasteiger partial charge in [0.15, 0.2) is 6.29 Å². The van der Waals surface area contributed by atoms with Gasteiger partial charge in [-0.25, -0.2) is 0 Å². The number of ether oxygens (including phenoxy) is 1. The molecule has 0 saturated carbocycles. The number of halogens is 3. The molecule has 0 spiro atoms. The van der Waals surface area contributed by atoms with Gasteiger partial charge in [0.2, 0.25) is 0 Å². The number of hydrogen-bond donors (Lipinski definition) is 2. The summed E-state index contributed by atoms with van der Waals surface area (Å²) < 4.78 is 40.7. The fourth-order valence-electron chi connectivity index (χ4n) is 0.994. The maximum absolute atomic E-state index is 12.1. The Kier molecular flexibility index (Phi) is 2.42. The molecule has 1 aliphatic heterocycles. The third-order valence-corrected chi connectivity index (χ3v) is 2.11. The van der Waals surface area contributed by atoms with E-state index in [1.165, 1.54) is 0 Å². The third kappa shape index (κ3) is 1.60. The molecule has 1 heterocycles. The number of alkyl halides is 3. The summed E-state index contributed by atoms with van der Waals surface area (Å²) in [4.78, 5) is 0. The summed E-state index contributed by atoms with van der Waals surface area (Å²) in [6.45, 7) is 0. The van der Waals surface area contributed by atoms with Crippen LogP contribution in [0.3, 0.4) is 0 Å². The summed E-state index contributed by atoms with van der Waals surface area (Å²) >= 11 is 0. The predicted octanol–water partition coefficient (Wildman–Crippen LogP) is 0.734. The van der Waals surface area contributed by atoms with E-state index in [0.29, 0.717) is 0 Å². The highest BCUT2D eigenvalue weighted by Crippen LogP contribution is 2.39. The van der Waals surface area contributed by atoms with Crippen molar-refractivity contribution < 1.29 is 23.0 Å². The van der Waals surface area contributed by atoms with E-state index < -0.39 is 29.9 Å². The van der Waals surface area contributed by atoms with Crippen LogP contribution in [-0.4, -0.2) is 29.1 Å². The van der Waals surface area contributed by atoms with Crippen molar-refractivity contribution in [2.24, 2.45) is 5.92 Å². The van der Waals surface area contributed by atoms with Gasteiger partial charge in [-0.15, -0.1) is 9.24 Å². The number of aliphatic hydroxyl groups excluding tert-OH is 1. The van der Waals surface area contributed by atoms with E-state index in [2.05, 4.69) is 4.74 Å². The van der Waals surface area contributed by atoms with Crippen molar-refractivity contribution in [3.05, 3.63) is 0 Å². The molecule has 0 radical (unpaired) electrons. The smallest absolute Gasteiger partial charge is 0.363 e. The molecule has 3 nitrogen and oxygen atoms in total. The van der Waals surface area contributed by atoms with Crippen molar-refractivity contribution in [2.75, 3.05) is 0 Å². The zero-order valence-corrected chi connectivity index (χ0v) is 6.95. The van der Waals surface area contributed by atoms with Crippen LogP contribution >= 0.6 is 9.24 Å². The molecule has 2 N–H and O–H groups in total. The van der Waals surface area contributed by atoms with Gasteiger partial charge in [-0.2, -0.15) is 13.2 Å². The van der Waals surface area contributed by atoms with Crippen LogP contribution in [0, 0.1) is 11.3 Å². The predicted molar refractivity (Wildman–Crippen MR) is 37.9 cm³/mol. The Hall–Kier alpha value is -0.190. The second-order valence-electron chi connectivity index (χ2n) is 2.43. The average molecular weight is 201 g/mol. The summed E-state index contributed by atoms with van der Waals surface area (Å²) in [6.07, 6.45) is -6.25. The normalized spacial score (nSPS) is 37.4. The van der Waals surface area contributed by atoms with Crippen molar-refractivity contribution in [3.63, 3.8) is 0 Å². The van der Waals surface area contributed by atoms with Gasteiger partial charge in [-0.1, -0.05) is 0 Å². The van der Waals surface area contributed by atoms with Crippen molar-refractivity contribution in [2.45, 2.75) is 18.3 Å². The number of nitrogens with one attached hydrogen (secondary N) is 1. The summed E-state index contributed by atoms with van der Waals surface area (Å²) in [5.74, 6) is -3.26. The minimum absolute atomic E-state index is 0.831. The molecule has 0 aromatic carbocycles. The maximum Gasteiger partial charge on any atom is 0.399 e. The topological polar surface area (TPSA) is 53.3 Å². The Balaban J connectivity index is 2.84. The van der Waals surface area contributed by atoms with Crippen molar-refractivity contribution in [1.82, 2.24) is 0 Å². The molecule has 12 heavy (non-hydrogen) atoms. The van der Waals surface area contributed by atoms with Gasteiger partial charge in [0.25, 0.3) is 0 Å². The van der Waals surface area contributed by atoms with E-state index in [0.717, 1.165) is 0 Å². The van der Waals surface area contributed by atoms with Gasteiger partial charge in [-0.05, 0) is 0 Å². The molecule has 0 aliphatic carbocycles. The van der Waals surface area contributed by atoms with Crippen LogP contribution in [0.5, 0.6) is 0 Å². The summed E-state index contributed by atoms with van der Waals surface area (Å²) in [7, 11) is 1.80. The molecular formula is C5H7F3NO2P. The number of aliphatic hydroxyl groups is 1. The van der Waals surface area contributed by atoms with Gasteiger partial charge >= 0.3 is 6.18 Å². The van der Waals surface area contributed by atoms with E-state index >= 15 is 0 Å². The molecule has 0 aromatic rings. The van der Waals surface area contributed by atoms with Crippen molar-refractivity contribution >= 4 is 15.0 Å². The fourth-order valence-corrected chi connectivity index (χ4v) is 1.57. The minimum atomic E-state index is -4.53. The average Bonchev–Trinajstić information content (AvgIpc) is 2.05. The number of rotatable bonds is 0. The van der Waals surface area contributed by atoms with E-state index in [1.54, 1.807) is 9.24 Å². The lowest BCUT2D eigenvalue weighted by molar-refractivity contribution is -0.167. The number of hydrogen-bond acceptors (Lipinski definition) is 3.